The zero-order chi connectivity index (χ0) is 24.8. The Morgan fingerprint density at radius 3 is 2.37 bits per heavy atom. The number of primary amides is 1. The molecule has 0 atom stereocenters. The molecule has 0 saturated carbocycles. The molecule has 0 spiro atoms. The minimum absolute atomic E-state index is 0.110. The van der Waals surface area contributed by atoms with Crippen molar-refractivity contribution >= 4 is 33.2 Å². The Labute approximate surface area is 205 Å². The summed E-state index contributed by atoms with van der Waals surface area (Å²) in [5, 5.41) is 2.73. The standard InChI is InChI=1S/C24H30N4O6S/c25-24(30)18-8-10-27(11-9-18)21-7-6-19(26-23(29)17-34-20-4-2-1-3-5-20)16-22(21)35(31,32)28-12-14-33-15-13-28/h1-7,16,18H,8-15,17H2,(H2,25,30)(H,26,29). The Morgan fingerprint density at radius 2 is 1.71 bits per heavy atom. The molecule has 11 heteroatoms. The van der Waals surface area contributed by atoms with Gasteiger partial charge >= 0.3 is 0 Å². The number of carbonyl (C=O) groups is 2. The molecule has 2 fully saturated rings. The number of nitrogens with one attached hydrogen (secondary N) is 1. The maximum Gasteiger partial charge on any atom is 0.262 e. The van der Waals surface area contributed by atoms with Gasteiger partial charge in [-0.15, -0.1) is 0 Å². The maximum absolute atomic E-state index is 13.6. The Balaban J connectivity index is 1.56. The lowest BCUT2D eigenvalue weighted by molar-refractivity contribution is -0.122. The number of carbonyl (C=O) groups excluding carboxylic acids is 2. The highest BCUT2D eigenvalue weighted by Crippen LogP contribution is 2.33. The van der Waals surface area contributed by atoms with Crippen molar-refractivity contribution in [2.75, 3.05) is 56.2 Å². The highest BCUT2D eigenvalue weighted by Gasteiger charge is 2.32. The number of morpholine rings is 1. The summed E-state index contributed by atoms with van der Waals surface area (Å²) in [6.07, 6.45) is 1.11. The van der Waals surface area contributed by atoms with Crippen LogP contribution in [0.5, 0.6) is 5.75 Å². The summed E-state index contributed by atoms with van der Waals surface area (Å²) in [4.78, 5) is 26.1. The molecule has 2 aromatic carbocycles. The molecular formula is C24H30N4O6S. The van der Waals surface area contributed by atoms with Crippen LogP contribution in [0.3, 0.4) is 0 Å². The molecule has 2 saturated heterocycles. The van der Waals surface area contributed by atoms with E-state index in [1.807, 2.05) is 11.0 Å². The van der Waals surface area contributed by atoms with Crippen molar-refractivity contribution < 1.29 is 27.5 Å². The van der Waals surface area contributed by atoms with E-state index in [9.17, 15) is 18.0 Å². The van der Waals surface area contributed by atoms with E-state index in [4.69, 9.17) is 15.2 Å². The van der Waals surface area contributed by atoms with Crippen molar-refractivity contribution in [3.8, 4) is 5.75 Å². The van der Waals surface area contributed by atoms with Crippen molar-refractivity contribution in [3.05, 3.63) is 48.5 Å². The molecule has 0 aliphatic carbocycles. The normalized spacial score (nSPS) is 17.7. The van der Waals surface area contributed by atoms with Crippen LogP contribution in [0.4, 0.5) is 11.4 Å². The number of ether oxygens (including phenoxy) is 2. The number of amides is 2. The topological polar surface area (TPSA) is 131 Å². The summed E-state index contributed by atoms with van der Waals surface area (Å²) >= 11 is 0. The van der Waals surface area contributed by atoms with Crippen molar-refractivity contribution in [3.63, 3.8) is 0 Å². The van der Waals surface area contributed by atoms with E-state index in [2.05, 4.69) is 5.32 Å². The summed E-state index contributed by atoms with van der Waals surface area (Å²) in [5.41, 5.74) is 6.35. The van der Waals surface area contributed by atoms with Gasteiger partial charge in [-0.25, -0.2) is 8.42 Å². The molecule has 2 amide bonds. The summed E-state index contributed by atoms with van der Waals surface area (Å²) in [6.45, 7) is 1.97. The van der Waals surface area contributed by atoms with Crippen LogP contribution in [0.25, 0.3) is 0 Å². The largest absolute Gasteiger partial charge is 0.484 e. The molecule has 2 heterocycles. The lowest BCUT2D eigenvalue weighted by Crippen LogP contribution is -2.42. The fraction of sp³-hybridized carbons (Fsp3) is 0.417. The fourth-order valence-electron chi connectivity index (χ4n) is 4.25. The van der Waals surface area contributed by atoms with Crippen LogP contribution in [-0.4, -0.2) is 70.5 Å². The molecule has 3 N–H and O–H groups in total. The van der Waals surface area contributed by atoms with Crippen LogP contribution in [0, 0.1) is 5.92 Å². The third-order valence-electron chi connectivity index (χ3n) is 6.18. The molecule has 2 aliphatic rings. The zero-order valence-corrected chi connectivity index (χ0v) is 20.2. The molecule has 0 aromatic heterocycles. The highest BCUT2D eigenvalue weighted by molar-refractivity contribution is 7.89. The number of sulfonamides is 1. The summed E-state index contributed by atoms with van der Waals surface area (Å²) < 4.78 is 39.4. The van der Waals surface area contributed by atoms with Gasteiger partial charge in [-0.3, -0.25) is 9.59 Å². The Hall–Kier alpha value is -3.15. The van der Waals surface area contributed by atoms with Crippen molar-refractivity contribution in [2.24, 2.45) is 11.7 Å². The average Bonchev–Trinajstić information content (AvgIpc) is 2.88. The molecule has 2 aliphatic heterocycles. The lowest BCUT2D eigenvalue weighted by atomic mass is 9.96. The van der Waals surface area contributed by atoms with E-state index in [0.29, 0.717) is 56.3 Å². The third kappa shape index (κ3) is 6.11. The predicted molar refractivity (Wildman–Crippen MR) is 131 cm³/mol. The number of para-hydroxylation sites is 1. The first-order chi connectivity index (χ1) is 16.8. The molecule has 0 bridgehead atoms. The van der Waals surface area contributed by atoms with E-state index < -0.39 is 15.9 Å². The monoisotopic (exact) mass is 502 g/mol. The van der Waals surface area contributed by atoms with Crippen LogP contribution < -0.4 is 20.7 Å². The summed E-state index contributed by atoms with van der Waals surface area (Å²) in [5.74, 6) is -0.387. The number of hydrogen-bond donors (Lipinski definition) is 2. The van der Waals surface area contributed by atoms with Crippen molar-refractivity contribution in [1.29, 1.82) is 0 Å². The molecule has 35 heavy (non-hydrogen) atoms. The molecule has 0 unspecified atom stereocenters. The van der Waals surface area contributed by atoms with Gasteiger partial charge in [0.1, 0.15) is 10.6 Å². The van der Waals surface area contributed by atoms with Gasteiger partial charge in [-0.2, -0.15) is 4.31 Å². The number of nitrogens with two attached hydrogens (primary N) is 1. The molecule has 2 aromatic rings. The molecule has 0 radical (unpaired) electrons. The minimum Gasteiger partial charge on any atom is -0.484 e. The summed E-state index contributed by atoms with van der Waals surface area (Å²) in [7, 11) is -3.85. The van der Waals surface area contributed by atoms with Gasteiger partial charge < -0.3 is 25.4 Å². The van der Waals surface area contributed by atoms with Gasteiger partial charge in [0.25, 0.3) is 5.91 Å². The van der Waals surface area contributed by atoms with Gasteiger partial charge in [-0.05, 0) is 43.2 Å². The van der Waals surface area contributed by atoms with Crippen LogP contribution in [0.2, 0.25) is 0 Å². The fourth-order valence-corrected chi connectivity index (χ4v) is 5.90. The Kier molecular flexibility index (Phi) is 7.89. The molecule has 4 rings (SSSR count). The first kappa shape index (κ1) is 25.0. The van der Waals surface area contributed by atoms with Crippen LogP contribution in [-0.2, 0) is 24.3 Å². The van der Waals surface area contributed by atoms with Gasteiger partial charge in [-0.1, -0.05) is 18.2 Å². The summed E-state index contributed by atoms with van der Waals surface area (Å²) in [6, 6.07) is 13.8. The second-order valence-electron chi connectivity index (χ2n) is 8.51. The number of rotatable bonds is 8. The Bertz CT molecular complexity index is 1140. The van der Waals surface area contributed by atoms with Crippen molar-refractivity contribution in [1.82, 2.24) is 4.31 Å². The lowest BCUT2D eigenvalue weighted by Gasteiger charge is -2.35. The highest BCUT2D eigenvalue weighted by atomic mass is 32.2. The molecule has 188 valence electrons. The number of hydrogen-bond acceptors (Lipinski definition) is 7. The van der Waals surface area contributed by atoms with Gasteiger partial charge in [0.2, 0.25) is 15.9 Å². The maximum atomic E-state index is 13.6. The third-order valence-corrected chi connectivity index (χ3v) is 8.11. The van der Waals surface area contributed by atoms with Gasteiger partial charge in [0.15, 0.2) is 6.61 Å². The average molecular weight is 503 g/mol. The van der Waals surface area contributed by atoms with E-state index in [1.54, 1.807) is 36.4 Å². The first-order valence-corrected chi connectivity index (χ1v) is 13.0. The second-order valence-corrected chi connectivity index (χ2v) is 10.4. The van der Waals surface area contributed by atoms with Gasteiger partial charge in [0, 0.05) is 37.8 Å². The van der Waals surface area contributed by atoms with Gasteiger partial charge in [0.05, 0.1) is 18.9 Å². The second kappa shape index (κ2) is 11.1. The van der Waals surface area contributed by atoms with Crippen LogP contribution in [0.15, 0.2) is 53.4 Å². The molecular weight excluding hydrogens is 472 g/mol. The Morgan fingerprint density at radius 1 is 1.03 bits per heavy atom. The van der Waals surface area contributed by atoms with E-state index >= 15 is 0 Å². The smallest absolute Gasteiger partial charge is 0.262 e. The van der Waals surface area contributed by atoms with Crippen LogP contribution >= 0.6 is 0 Å². The van der Waals surface area contributed by atoms with E-state index in [-0.39, 0.29) is 36.4 Å². The number of nitrogens with zero attached hydrogens (tertiary/aromatic N) is 2. The molecule has 10 nitrogen and oxygen atoms in total. The predicted octanol–water partition coefficient (Wildman–Crippen LogP) is 1.43. The first-order valence-electron chi connectivity index (χ1n) is 11.6. The zero-order valence-electron chi connectivity index (χ0n) is 19.4. The quantitative estimate of drug-likeness (QED) is 0.558. The SMILES string of the molecule is NC(=O)C1CCN(c2ccc(NC(=O)COc3ccccc3)cc2S(=O)(=O)N2CCOCC2)CC1. The number of benzene rings is 2. The number of piperidine rings is 1. The van der Waals surface area contributed by atoms with E-state index in [0.717, 1.165) is 0 Å². The van der Waals surface area contributed by atoms with Crippen molar-refractivity contribution in [2.45, 2.75) is 17.7 Å². The number of anilines is 2. The minimum atomic E-state index is -3.85. The van der Waals surface area contributed by atoms with Crippen LogP contribution in [0.1, 0.15) is 12.8 Å². The van der Waals surface area contributed by atoms with E-state index in [1.165, 1.54) is 10.4 Å².